The quantitative estimate of drug-likeness (QED) is 0.216. The highest BCUT2D eigenvalue weighted by atomic mass is 35.5. The molecule has 0 N–H and O–H groups in total. The number of carbonyl (C=O) groups excluding carboxylic acids is 2. The largest absolute Gasteiger partial charge is 0.461 e. The first-order valence-electron chi connectivity index (χ1n) is 11.0. The second-order valence-electron chi connectivity index (χ2n) is 8.24. The van der Waals surface area contributed by atoms with Gasteiger partial charge in [0.25, 0.3) is 5.91 Å². The number of hydrogen-bond donors (Lipinski definition) is 0. The zero-order chi connectivity index (χ0) is 24.5. The highest BCUT2D eigenvalue weighted by Crippen LogP contribution is 2.41. The minimum atomic E-state index is -1.41. The van der Waals surface area contributed by atoms with Gasteiger partial charge < -0.3 is 14.1 Å². The molecule has 2 aromatic carbocycles. The van der Waals surface area contributed by atoms with Crippen molar-refractivity contribution in [2.45, 2.75) is 26.3 Å². The second-order valence-corrected chi connectivity index (χ2v) is 8.51. The van der Waals surface area contributed by atoms with Gasteiger partial charge in [-0.3, -0.25) is 9.36 Å². The van der Waals surface area contributed by atoms with Crippen LogP contribution in [0.4, 0.5) is 0 Å². The van der Waals surface area contributed by atoms with E-state index in [2.05, 4.69) is 0 Å². The van der Waals surface area contributed by atoms with Crippen LogP contribution in [0.25, 0.3) is 22.6 Å². The van der Waals surface area contributed by atoms with Crippen molar-refractivity contribution in [2.75, 3.05) is 19.0 Å². The van der Waals surface area contributed by atoms with E-state index < -0.39 is 23.2 Å². The Hall–Kier alpha value is -3.58. The number of ether oxygens (including phenoxy) is 1. The van der Waals surface area contributed by atoms with Crippen LogP contribution in [0.5, 0.6) is 0 Å². The molecule has 0 aliphatic carbocycles. The van der Waals surface area contributed by atoms with Gasteiger partial charge in [0.15, 0.2) is 11.3 Å². The first-order valence-corrected chi connectivity index (χ1v) is 11.5. The van der Waals surface area contributed by atoms with Crippen molar-refractivity contribution in [3.8, 4) is 22.6 Å². The second kappa shape index (κ2) is 9.35. The number of hydrogen-bond acceptors (Lipinski definition) is 5. The molecular formula is C26H25ClN2O5. The smallest absolute Gasteiger partial charge is 0.421 e. The molecule has 176 valence electrons. The number of oxazole rings is 1. The molecule has 1 aliphatic rings. The molecule has 0 saturated carbocycles. The topological polar surface area (TPSA) is 81.8 Å². The number of benzene rings is 2. The number of nitrogens with zero attached hydrogens (tertiary/aromatic N) is 2. The maximum absolute atomic E-state index is 13.6. The number of rotatable bonds is 7. The molecule has 7 nitrogen and oxygen atoms in total. The summed E-state index contributed by atoms with van der Waals surface area (Å²) in [6.07, 6.45) is 0. The van der Waals surface area contributed by atoms with Crippen molar-refractivity contribution in [3.63, 3.8) is 0 Å². The molecule has 1 fully saturated rings. The van der Waals surface area contributed by atoms with E-state index in [-0.39, 0.29) is 24.7 Å². The van der Waals surface area contributed by atoms with Crippen LogP contribution in [0.15, 0.2) is 81.1 Å². The van der Waals surface area contributed by atoms with Crippen molar-refractivity contribution in [3.05, 3.63) is 82.5 Å². The van der Waals surface area contributed by atoms with Crippen LogP contribution in [0.3, 0.4) is 0 Å². The number of esters is 1. The van der Waals surface area contributed by atoms with Crippen molar-refractivity contribution < 1.29 is 18.7 Å². The van der Waals surface area contributed by atoms with Gasteiger partial charge in [-0.15, -0.1) is 11.6 Å². The van der Waals surface area contributed by atoms with E-state index in [4.69, 9.17) is 20.8 Å². The number of carbonyl (C=O) groups is 2. The zero-order valence-electron chi connectivity index (χ0n) is 19.2. The first-order chi connectivity index (χ1) is 16.4. The summed E-state index contributed by atoms with van der Waals surface area (Å²) >= 11 is 6.39. The molecule has 1 unspecified atom stereocenters. The van der Waals surface area contributed by atoms with E-state index in [1.54, 1.807) is 20.8 Å². The summed E-state index contributed by atoms with van der Waals surface area (Å²) in [7, 11) is 0. The van der Waals surface area contributed by atoms with Gasteiger partial charge in [-0.05, 0) is 26.3 Å². The number of β-lactam (4-membered cyclic amide) rings is 1. The number of amides is 1. The van der Waals surface area contributed by atoms with Gasteiger partial charge in [-0.25, -0.2) is 9.59 Å². The summed E-state index contributed by atoms with van der Waals surface area (Å²) in [4.78, 5) is 40.8. The molecule has 1 atom stereocenters. The van der Waals surface area contributed by atoms with Gasteiger partial charge in [0, 0.05) is 11.1 Å². The third kappa shape index (κ3) is 3.76. The molecule has 0 spiro atoms. The number of halogens is 1. The Morgan fingerprint density at radius 2 is 1.62 bits per heavy atom. The van der Waals surface area contributed by atoms with Crippen LogP contribution >= 0.6 is 11.6 Å². The molecule has 4 rings (SSSR count). The van der Waals surface area contributed by atoms with E-state index in [9.17, 15) is 14.4 Å². The lowest BCUT2D eigenvalue weighted by Crippen LogP contribution is -2.70. The van der Waals surface area contributed by atoms with Crippen LogP contribution in [0.2, 0.25) is 0 Å². The van der Waals surface area contributed by atoms with E-state index >= 15 is 0 Å². The average Bonchev–Trinajstić information content (AvgIpc) is 3.19. The molecule has 0 radical (unpaired) electrons. The molecule has 1 aliphatic heterocycles. The van der Waals surface area contributed by atoms with Gasteiger partial charge in [-0.2, -0.15) is 0 Å². The summed E-state index contributed by atoms with van der Waals surface area (Å²) in [5.41, 5.74) is 1.24. The van der Waals surface area contributed by atoms with Crippen LogP contribution < -0.4 is 5.76 Å². The molecule has 1 amide bonds. The lowest BCUT2D eigenvalue weighted by molar-refractivity contribution is -0.158. The monoisotopic (exact) mass is 480 g/mol. The Bertz CT molecular complexity index is 1310. The Labute approximate surface area is 202 Å². The number of likely N-dealkylation sites (tertiary alicyclic amines) is 1. The molecule has 1 saturated heterocycles. The summed E-state index contributed by atoms with van der Waals surface area (Å²) in [6, 6.07) is 18.5. The van der Waals surface area contributed by atoms with Crippen LogP contribution in [0, 0.1) is 0 Å². The third-order valence-corrected chi connectivity index (χ3v) is 6.26. The fourth-order valence-electron chi connectivity index (χ4n) is 4.26. The number of aromatic nitrogens is 1. The van der Waals surface area contributed by atoms with E-state index in [1.807, 2.05) is 60.7 Å². The van der Waals surface area contributed by atoms with Crippen molar-refractivity contribution in [1.29, 1.82) is 0 Å². The zero-order valence-corrected chi connectivity index (χ0v) is 20.0. The fourth-order valence-corrected chi connectivity index (χ4v) is 4.57. The number of alkyl halides is 1. The van der Waals surface area contributed by atoms with Crippen molar-refractivity contribution in [1.82, 2.24) is 9.47 Å². The Morgan fingerprint density at radius 1 is 1.03 bits per heavy atom. The maximum atomic E-state index is 13.6. The number of allylic oxidation sites excluding steroid dienone is 1. The molecule has 0 bridgehead atoms. The van der Waals surface area contributed by atoms with E-state index in [0.29, 0.717) is 28.2 Å². The minimum Gasteiger partial charge on any atom is -0.461 e. The summed E-state index contributed by atoms with van der Waals surface area (Å²) in [5.74, 6) is -1.57. The highest BCUT2D eigenvalue weighted by Gasteiger charge is 2.58. The van der Waals surface area contributed by atoms with Gasteiger partial charge >= 0.3 is 11.7 Å². The molecule has 1 aromatic heterocycles. The minimum absolute atomic E-state index is 0.0299. The van der Waals surface area contributed by atoms with Crippen LogP contribution in [-0.2, 0) is 19.9 Å². The van der Waals surface area contributed by atoms with Gasteiger partial charge in [0.1, 0.15) is 5.70 Å². The molecule has 3 aromatic rings. The first kappa shape index (κ1) is 23.6. The van der Waals surface area contributed by atoms with Gasteiger partial charge in [0.05, 0.1) is 24.7 Å². The fraction of sp³-hybridized carbons (Fsp3) is 0.269. The summed E-state index contributed by atoms with van der Waals surface area (Å²) in [5, 5.41) is 0. The Balaban J connectivity index is 1.88. The van der Waals surface area contributed by atoms with E-state index in [0.717, 1.165) is 0 Å². The summed E-state index contributed by atoms with van der Waals surface area (Å²) < 4.78 is 12.2. The Morgan fingerprint density at radius 3 is 2.12 bits per heavy atom. The lowest BCUT2D eigenvalue weighted by atomic mass is 9.87. The summed E-state index contributed by atoms with van der Waals surface area (Å²) in [6.45, 7) is 5.37. The third-order valence-electron chi connectivity index (χ3n) is 5.82. The molecular weight excluding hydrogens is 456 g/mol. The normalized spacial score (nSPS) is 17.3. The molecule has 8 heteroatoms. The Kier molecular flexibility index (Phi) is 6.48. The standard InChI is InChI=1S/C26H25ClN2O5/c1-4-33-23(30)20(17(2)3)28-16-26(15-27,24(28)31)29-21(18-11-7-5-8-12-18)22(34-25(29)32)19-13-9-6-10-14-19/h5-14H,4,15-16H2,1-3H3. The molecule has 2 heterocycles. The van der Waals surface area contributed by atoms with Crippen molar-refractivity contribution >= 4 is 23.5 Å². The highest BCUT2D eigenvalue weighted by molar-refractivity contribution is 6.21. The van der Waals surface area contributed by atoms with Crippen molar-refractivity contribution in [2.24, 2.45) is 0 Å². The predicted molar refractivity (Wildman–Crippen MR) is 129 cm³/mol. The van der Waals surface area contributed by atoms with Gasteiger partial charge in [-0.1, -0.05) is 60.7 Å². The lowest BCUT2D eigenvalue weighted by Gasteiger charge is -2.48. The van der Waals surface area contributed by atoms with E-state index in [1.165, 1.54) is 9.47 Å². The maximum Gasteiger partial charge on any atom is 0.421 e. The van der Waals surface area contributed by atoms with Gasteiger partial charge in [0.2, 0.25) is 0 Å². The van der Waals surface area contributed by atoms with Crippen LogP contribution in [0.1, 0.15) is 20.8 Å². The molecule has 34 heavy (non-hydrogen) atoms. The SMILES string of the molecule is CCOC(=O)C(=C(C)C)N1CC(CCl)(n2c(-c3ccccc3)c(-c3ccccc3)oc2=O)C1=O. The van der Waals surface area contributed by atoms with Crippen LogP contribution in [-0.4, -0.2) is 40.4 Å². The average molecular weight is 481 g/mol. The predicted octanol–water partition coefficient (Wildman–Crippen LogP) is 4.41.